The van der Waals surface area contributed by atoms with Gasteiger partial charge in [-0.3, -0.25) is 9.78 Å². The van der Waals surface area contributed by atoms with Crippen molar-refractivity contribution in [1.82, 2.24) is 19.9 Å². The number of rotatable bonds is 5. The maximum absolute atomic E-state index is 13.1. The number of nitrogens with zero attached hydrogens (tertiary/aromatic N) is 3. The van der Waals surface area contributed by atoms with Crippen molar-refractivity contribution in [1.29, 1.82) is 0 Å². The van der Waals surface area contributed by atoms with Crippen molar-refractivity contribution in [3.05, 3.63) is 96.4 Å². The summed E-state index contributed by atoms with van der Waals surface area (Å²) in [5, 5.41) is 3.96. The summed E-state index contributed by atoms with van der Waals surface area (Å²) >= 11 is 0. The number of aromatic nitrogens is 3. The molecule has 0 atom stereocenters. The van der Waals surface area contributed by atoms with E-state index in [-0.39, 0.29) is 11.7 Å². The van der Waals surface area contributed by atoms with E-state index in [1.807, 2.05) is 54.6 Å². The summed E-state index contributed by atoms with van der Waals surface area (Å²) in [6.07, 6.45) is 1.78. The van der Waals surface area contributed by atoms with Crippen molar-refractivity contribution in [2.75, 3.05) is 6.54 Å². The van der Waals surface area contributed by atoms with Gasteiger partial charge in [0.05, 0.1) is 16.6 Å². The van der Waals surface area contributed by atoms with Gasteiger partial charge in [-0.05, 0) is 48.5 Å². The number of fused-ring (bicyclic) bond motifs is 2. The molecule has 0 saturated carbocycles. The molecule has 152 valence electrons. The highest BCUT2D eigenvalue weighted by molar-refractivity contribution is 5.95. The Balaban J connectivity index is 1.48. The fourth-order valence-corrected chi connectivity index (χ4v) is 3.78. The average molecular weight is 410 g/mol. The van der Waals surface area contributed by atoms with Crippen LogP contribution in [0.3, 0.4) is 0 Å². The van der Waals surface area contributed by atoms with Crippen molar-refractivity contribution >= 4 is 27.8 Å². The second kappa shape index (κ2) is 7.99. The van der Waals surface area contributed by atoms with Crippen LogP contribution in [0.15, 0.2) is 85.1 Å². The normalized spacial score (nSPS) is 11.1. The number of hydrogen-bond donors (Lipinski definition) is 1. The Morgan fingerprint density at radius 1 is 0.935 bits per heavy atom. The molecule has 5 nitrogen and oxygen atoms in total. The van der Waals surface area contributed by atoms with Gasteiger partial charge in [0, 0.05) is 35.8 Å². The molecule has 2 heterocycles. The van der Waals surface area contributed by atoms with Crippen LogP contribution in [0.4, 0.5) is 4.39 Å². The third-order valence-electron chi connectivity index (χ3n) is 5.26. The molecule has 3 aromatic carbocycles. The number of pyridine rings is 1. The van der Waals surface area contributed by atoms with Crippen LogP contribution in [-0.2, 0) is 6.54 Å². The summed E-state index contributed by atoms with van der Waals surface area (Å²) in [6.45, 7) is 0.938. The van der Waals surface area contributed by atoms with Crippen molar-refractivity contribution in [2.24, 2.45) is 0 Å². The maximum atomic E-state index is 13.1. The van der Waals surface area contributed by atoms with Crippen LogP contribution in [0, 0.1) is 5.82 Å². The van der Waals surface area contributed by atoms with Crippen LogP contribution in [0.1, 0.15) is 10.4 Å². The first-order chi connectivity index (χ1) is 15.2. The molecule has 31 heavy (non-hydrogen) atoms. The number of amides is 1. The third-order valence-corrected chi connectivity index (χ3v) is 5.26. The molecule has 0 spiro atoms. The number of hydrogen-bond acceptors (Lipinski definition) is 3. The van der Waals surface area contributed by atoms with Gasteiger partial charge in [-0.25, -0.2) is 9.37 Å². The van der Waals surface area contributed by atoms with E-state index < -0.39 is 0 Å². The van der Waals surface area contributed by atoms with Gasteiger partial charge < -0.3 is 9.88 Å². The number of halogens is 1. The molecule has 0 fully saturated rings. The fourth-order valence-electron chi connectivity index (χ4n) is 3.78. The van der Waals surface area contributed by atoms with Crippen LogP contribution in [0.2, 0.25) is 0 Å². The highest BCUT2D eigenvalue weighted by Gasteiger charge is 2.15. The first-order valence-electron chi connectivity index (χ1n) is 10.0. The molecule has 1 amide bonds. The SMILES string of the molecule is O=C(NCCn1c(-c2cccc3cccnc23)nc2ccccc21)c1ccc(F)cc1. The van der Waals surface area contributed by atoms with Gasteiger partial charge in [-0.15, -0.1) is 0 Å². The second-order valence-corrected chi connectivity index (χ2v) is 7.22. The van der Waals surface area contributed by atoms with E-state index in [1.165, 1.54) is 24.3 Å². The number of carbonyl (C=O) groups is 1. The van der Waals surface area contributed by atoms with Crippen LogP contribution in [-0.4, -0.2) is 27.0 Å². The molecule has 5 rings (SSSR count). The summed E-state index contributed by atoms with van der Waals surface area (Å²) in [6, 6.07) is 23.4. The van der Waals surface area contributed by atoms with Gasteiger partial charge >= 0.3 is 0 Å². The Labute approximate surface area is 178 Å². The molecule has 0 saturated heterocycles. The molecule has 0 unspecified atom stereocenters. The molecule has 1 N–H and O–H groups in total. The van der Waals surface area contributed by atoms with Crippen LogP contribution in [0.25, 0.3) is 33.3 Å². The Morgan fingerprint density at radius 3 is 2.61 bits per heavy atom. The number of para-hydroxylation sites is 3. The van der Waals surface area contributed by atoms with E-state index >= 15 is 0 Å². The number of carbonyl (C=O) groups excluding carboxylic acids is 1. The zero-order valence-corrected chi connectivity index (χ0v) is 16.6. The Morgan fingerprint density at radius 2 is 1.74 bits per heavy atom. The van der Waals surface area contributed by atoms with Crippen LogP contribution in [0.5, 0.6) is 0 Å². The monoisotopic (exact) mass is 410 g/mol. The fraction of sp³-hybridized carbons (Fsp3) is 0.0800. The van der Waals surface area contributed by atoms with Gasteiger partial charge in [0.1, 0.15) is 11.6 Å². The minimum absolute atomic E-state index is 0.238. The average Bonchev–Trinajstić information content (AvgIpc) is 3.17. The van der Waals surface area contributed by atoms with E-state index in [1.54, 1.807) is 6.20 Å². The smallest absolute Gasteiger partial charge is 0.251 e. The van der Waals surface area contributed by atoms with Gasteiger partial charge in [0.2, 0.25) is 0 Å². The summed E-state index contributed by atoms with van der Waals surface area (Å²) in [4.78, 5) is 21.8. The van der Waals surface area contributed by atoms with E-state index in [0.29, 0.717) is 18.7 Å². The summed E-state index contributed by atoms with van der Waals surface area (Å²) in [5.74, 6) is 0.203. The lowest BCUT2D eigenvalue weighted by molar-refractivity contribution is 0.0952. The minimum atomic E-state index is -0.366. The topological polar surface area (TPSA) is 59.8 Å². The van der Waals surface area contributed by atoms with E-state index in [2.05, 4.69) is 14.9 Å². The lowest BCUT2D eigenvalue weighted by Gasteiger charge is -2.12. The first kappa shape index (κ1) is 18.9. The zero-order chi connectivity index (χ0) is 21.2. The highest BCUT2D eigenvalue weighted by Crippen LogP contribution is 2.29. The summed E-state index contributed by atoms with van der Waals surface area (Å²) < 4.78 is 15.2. The van der Waals surface area contributed by atoms with Gasteiger partial charge in [-0.2, -0.15) is 0 Å². The van der Waals surface area contributed by atoms with Crippen LogP contribution >= 0.6 is 0 Å². The van der Waals surface area contributed by atoms with Crippen molar-refractivity contribution < 1.29 is 9.18 Å². The Kier molecular flexibility index (Phi) is 4.88. The number of benzene rings is 3. The molecule has 2 aromatic heterocycles. The third kappa shape index (κ3) is 3.64. The van der Waals surface area contributed by atoms with Gasteiger partial charge in [0.25, 0.3) is 5.91 Å². The quantitative estimate of drug-likeness (QED) is 0.452. The molecule has 0 radical (unpaired) electrons. The van der Waals surface area contributed by atoms with Crippen molar-refractivity contribution in [3.63, 3.8) is 0 Å². The molecular formula is C25H19FN4O. The van der Waals surface area contributed by atoms with Gasteiger partial charge in [-0.1, -0.05) is 30.3 Å². The molecule has 0 aliphatic carbocycles. The lowest BCUT2D eigenvalue weighted by atomic mass is 10.1. The zero-order valence-electron chi connectivity index (χ0n) is 16.6. The number of nitrogens with one attached hydrogen (secondary N) is 1. The number of imidazole rings is 1. The predicted octanol–water partition coefficient (Wildman–Crippen LogP) is 4.82. The molecule has 0 aliphatic rings. The standard InChI is InChI=1S/C25H19FN4O/c26-19-12-10-18(11-13-19)25(31)28-15-16-30-22-9-2-1-8-21(22)29-24(30)20-7-3-5-17-6-4-14-27-23(17)20/h1-14H,15-16H2,(H,28,31). The lowest BCUT2D eigenvalue weighted by Crippen LogP contribution is -2.27. The predicted molar refractivity (Wildman–Crippen MR) is 119 cm³/mol. The van der Waals surface area contributed by atoms with Crippen LogP contribution < -0.4 is 5.32 Å². The Hall–Kier alpha value is -4.06. The van der Waals surface area contributed by atoms with Crippen molar-refractivity contribution in [3.8, 4) is 11.4 Å². The largest absolute Gasteiger partial charge is 0.350 e. The molecule has 0 bridgehead atoms. The molecule has 0 aliphatic heterocycles. The van der Waals surface area contributed by atoms with E-state index in [9.17, 15) is 9.18 Å². The highest BCUT2D eigenvalue weighted by atomic mass is 19.1. The minimum Gasteiger partial charge on any atom is -0.350 e. The van der Waals surface area contributed by atoms with E-state index in [4.69, 9.17) is 4.98 Å². The molecule has 5 aromatic rings. The van der Waals surface area contributed by atoms with Gasteiger partial charge in [0.15, 0.2) is 0 Å². The summed E-state index contributed by atoms with van der Waals surface area (Å²) in [7, 11) is 0. The molecule has 6 heteroatoms. The summed E-state index contributed by atoms with van der Waals surface area (Å²) in [5.41, 5.74) is 4.13. The second-order valence-electron chi connectivity index (χ2n) is 7.22. The first-order valence-corrected chi connectivity index (χ1v) is 10.0. The molecular weight excluding hydrogens is 391 g/mol. The van der Waals surface area contributed by atoms with E-state index in [0.717, 1.165) is 33.3 Å². The van der Waals surface area contributed by atoms with Crippen molar-refractivity contribution in [2.45, 2.75) is 6.54 Å². The Bertz CT molecular complexity index is 1390. The maximum Gasteiger partial charge on any atom is 0.251 e.